The van der Waals surface area contributed by atoms with Gasteiger partial charge in [0, 0.05) is 32.2 Å². The van der Waals surface area contributed by atoms with Crippen LogP contribution in [0.3, 0.4) is 0 Å². The lowest BCUT2D eigenvalue weighted by Crippen LogP contribution is -2.18. The fourth-order valence-electron chi connectivity index (χ4n) is 1.07. The molecule has 0 fully saturated rings. The van der Waals surface area contributed by atoms with Crippen LogP contribution in [0.5, 0.6) is 0 Å². The van der Waals surface area contributed by atoms with E-state index < -0.39 is 0 Å². The zero-order chi connectivity index (χ0) is 10.2. The van der Waals surface area contributed by atoms with Crippen molar-refractivity contribution >= 4 is 11.3 Å². The van der Waals surface area contributed by atoms with Gasteiger partial charge in [0.15, 0.2) is 0 Å². The molecule has 0 aliphatic heterocycles. The highest BCUT2D eigenvalue weighted by atomic mass is 32.1. The number of hydrogen-bond acceptors (Lipinski definition) is 5. The maximum absolute atomic E-state index is 5.05. The molecule has 0 aliphatic rings. The second-order valence-corrected chi connectivity index (χ2v) is 3.76. The SMILES string of the molecule is COCCNCc1scnc1COC. The second kappa shape index (κ2) is 6.89. The number of nitrogens with one attached hydrogen (secondary N) is 1. The lowest BCUT2D eigenvalue weighted by Gasteiger charge is -2.03. The molecule has 0 aliphatic carbocycles. The molecule has 0 radical (unpaired) electrons. The Balaban J connectivity index is 2.30. The van der Waals surface area contributed by atoms with Crippen LogP contribution in [-0.4, -0.2) is 32.4 Å². The Morgan fingerprint density at radius 1 is 1.43 bits per heavy atom. The van der Waals surface area contributed by atoms with Crippen molar-refractivity contribution in [3.8, 4) is 0 Å². The summed E-state index contributed by atoms with van der Waals surface area (Å²) in [5.74, 6) is 0. The van der Waals surface area contributed by atoms with Gasteiger partial charge in [-0.3, -0.25) is 0 Å². The molecule has 80 valence electrons. The Labute approximate surface area is 88.3 Å². The number of rotatable bonds is 7. The molecule has 1 N–H and O–H groups in total. The van der Waals surface area contributed by atoms with Gasteiger partial charge in [0.05, 0.1) is 24.4 Å². The first kappa shape index (κ1) is 11.6. The van der Waals surface area contributed by atoms with Gasteiger partial charge in [-0.15, -0.1) is 11.3 Å². The molecule has 5 heteroatoms. The van der Waals surface area contributed by atoms with Crippen molar-refractivity contribution in [2.24, 2.45) is 0 Å². The quantitative estimate of drug-likeness (QED) is 0.691. The lowest BCUT2D eigenvalue weighted by atomic mass is 10.3. The average molecular weight is 216 g/mol. The minimum Gasteiger partial charge on any atom is -0.383 e. The molecule has 1 aromatic heterocycles. The fourth-order valence-corrected chi connectivity index (χ4v) is 1.81. The number of aromatic nitrogens is 1. The van der Waals surface area contributed by atoms with Gasteiger partial charge in [-0.2, -0.15) is 0 Å². The van der Waals surface area contributed by atoms with Gasteiger partial charge in [0.1, 0.15) is 0 Å². The molecule has 0 aromatic carbocycles. The highest BCUT2D eigenvalue weighted by Gasteiger charge is 2.04. The Kier molecular flexibility index (Phi) is 5.70. The van der Waals surface area contributed by atoms with Crippen molar-refractivity contribution in [3.05, 3.63) is 16.1 Å². The molecule has 4 nitrogen and oxygen atoms in total. The largest absolute Gasteiger partial charge is 0.383 e. The highest BCUT2D eigenvalue weighted by Crippen LogP contribution is 2.13. The highest BCUT2D eigenvalue weighted by molar-refractivity contribution is 7.09. The molecule has 0 saturated carbocycles. The molecule has 0 atom stereocenters. The lowest BCUT2D eigenvalue weighted by molar-refractivity contribution is 0.181. The van der Waals surface area contributed by atoms with E-state index in [4.69, 9.17) is 9.47 Å². The van der Waals surface area contributed by atoms with Gasteiger partial charge < -0.3 is 14.8 Å². The third-order valence-electron chi connectivity index (χ3n) is 1.77. The summed E-state index contributed by atoms with van der Waals surface area (Å²) in [6, 6.07) is 0. The molecule has 0 unspecified atom stereocenters. The molecule has 1 aromatic rings. The number of methoxy groups -OCH3 is 2. The molecule has 1 heterocycles. The number of nitrogens with zero attached hydrogens (tertiary/aromatic N) is 1. The predicted molar refractivity (Wildman–Crippen MR) is 56.4 cm³/mol. The summed E-state index contributed by atoms with van der Waals surface area (Å²) in [5, 5.41) is 3.28. The van der Waals surface area contributed by atoms with E-state index >= 15 is 0 Å². The molecule has 14 heavy (non-hydrogen) atoms. The van der Waals surface area contributed by atoms with E-state index in [9.17, 15) is 0 Å². The Morgan fingerprint density at radius 2 is 2.29 bits per heavy atom. The van der Waals surface area contributed by atoms with Crippen LogP contribution < -0.4 is 5.32 Å². The van der Waals surface area contributed by atoms with Crippen molar-refractivity contribution < 1.29 is 9.47 Å². The fraction of sp³-hybridized carbons (Fsp3) is 0.667. The standard InChI is InChI=1S/C9H16N2O2S/c1-12-4-3-10-5-9-8(6-13-2)11-7-14-9/h7,10H,3-6H2,1-2H3. The van der Waals surface area contributed by atoms with Crippen molar-refractivity contribution in [3.63, 3.8) is 0 Å². The predicted octanol–water partition coefficient (Wildman–Crippen LogP) is 1.03. The number of ether oxygens (including phenoxy) is 2. The van der Waals surface area contributed by atoms with E-state index in [2.05, 4.69) is 10.3 Å². The molecular formula is C9H16N2O2S. The van der Waals surface area contributed by atoms with Gasteiger partial charge in [-0.1, -0.05) is 0 Å². The molecule has 0 bridgehead atoms. The average Bonchev–Trinajstić information content (AvgIpc) is 2.61. The zero-order valence-corrected chi connectivity index (χ0v) is 9.39. The van der Waals surface area contributed by atoms with E-state index in [1.54, 1.807) is 25.6 Å². The van der Waals surface area contributed by atoms with Crippen molar-refractivity contribution in [2.75, 3.05) is 27.4 Å². The van der Waals surface area contributed by atoms with E-state index in [1.807, 2.05) is 5.51 Å². The van der Waals surface area contributed by atoms with E-state index in [0.717, 1.165) is 25.4 Å². The van der Waals surface area contributed by atoms with Gasteiger partial charge >= 0.3 is 0 Å². The van der Waals surface area contributed by atoms with E-state index in [-0.39, 0.29) is 0 Å². The monoisotopic (exact) mass is 216 g/mol. The summed E-state index contributed by atoms with van der Waals surface area (Å²) in [6.45, 7) is 3.02. The second-order valence-electron chi connectivity index (χ2n) is 2.82. The summed E-state index contributed by atoms with van der Waals surface area (Å²) in [7, 11) is 3.38. The van der Waals surface area contributed by atoms with Crippen LogP contribution in [-0.2, 0) is 22.6 Å². The molecule has 1 rings (SSSR count). The minimum absolute atomic E-state index is 0.588. The Hall–Kier alpha value is -0.490. The number of thiazole rings is 1. The maximum atomic E-state index is 5.05. The zero-order valence-electron chi connectivity index (χ0n) is 8.58. The molecule has 0 saturated heterocycles. The van der Waals surface area contributed by atoms with Crippen molar-refractivity contribution in [2.45, 2.75) is 13.2 Å². The van der Waals surface area contributed by atoms with Crippen LogP contribution >= 0.6 is 11.3 Å². The first-order valence-corrected chi connectivity index (χ1v) is 5.36. The van der Waals surface area contributed by atoms with Crippen LogP contribution in [0.25, 0.3) is 0 Å². The third kappa shape index (κ3) is 3.71. The first-order valence-electron chi connectivity index (χ1n) is 4.48. The first-order chi connectivity index (χ1) is 6.88. The molecule has 0 amide bonds. The van der Waals surface area contributed by atoms with Gasteiger partial charge in [-0.05, 0) is 0 Å². The molecular weight excluding hydrogens is 200 g/mol. The summed E-state index contributed by atoms with van der Waals surface area (Å²) < 4.78 is 9.99. The minimum atomic E-state index is 0.588. The van der Waals surface area contributed by atoms with Crippen LogP contribution in [0.4, 0.5) is 0 Å². The summed E-state index contributed by atoms with van der Waals surface area (Å²) >= 11 is 1.65. The van der Waals surface area contributed by atoms with Gasteiger partial charge in [-0.25, -0.2) is 4.98 Å². The summed E-state index contributed by atoms with van der Waals surface area (Å²) in [4.78, 5) is 5.47. The topological polar surface area (TPSA) is 43.4 Å². The van der Waals surface area contributed by atoms with Gasteiger partial charge in [0.25, 0.3) is 0 Å². The third-order valence-corrected chi connectivity index (χ3v) is 2.65. The van der Waals surface area contributed by atoms with Crippen LogP contribution in [0.1, 0.15) is 10.6 Å². The smallest absolute Gasteiger partial charge is 0.0895 e. The normalized spacial score (nSPS) is 10.7. The Morgan fingerprint density at radius 3 is 3.00 bits per heavy atom. The van der Waals surface area contributed by atoms with Crippen LogP contribution in [0, 0.1) is 0 Å². The van der Waals surface area contributed by atoms with Gasteiger partial charge in [0.2, 0.25) is 0 Å². The van der Waals surface area contributed by atoms with E-state index in [0.29, 0.717) is 6.61 Å². The Bertz CT molecular complexity index is 253. The van der Waals surface area contributed by atoms with Crippen molar-refractivity contribution in [1.82, 2.24) is 10.3 Å². The summed E-state index contributed by atoms with van der Waals surface area (Å²) in [5.41, 5.74) is 2.88. The van der Waals surface area contributed by atoms with Crippen molar-refractivity contribution in [1.29, 1.82) is 0 Å². The van der Waals surface area contributed by atoms with Crippen LogP contribution in [0.2, 0.25) is 0 Å². The number of hydrogen-bond donors (Lipinski definition) is 1. The summed E-state index contributed by atoms with van der Waals surface area (Å²) in [6.07, 6.45) is 0. The maximum Gasteiger partial charge on any atom is 0.0895 e. The molecule has 0 spiro atoms. The van der Waals surface area contributed by atoms with E-state index in [1.165, 1.54) is 4.88 Å². The van der Waals surface area contributed by atoms with Crippen LogP contribution in [0.15, 0.2) is 5.51 Å².